The van der Waals surface area contributed by atoms with Gasteiger partial charge >= 0.3 is 0 Å². The molecular weight excluding hydrogens is 199 g/mol. The third kappa shape index (κ3) is 7.11. The van der Waals surface area contributed by atoms with E-state index in [0.717, 1.165) is 5.31 Å². The number of allylic oxidation sites excluding steroid dienone is 2. The van der Waals surface area contributed by atoms with E-state index in [1.165, 1.54) is 11.1 Å². The second-order valence-electron chi connectivity index (χ2n) is 3.83. The Morgan fingerprint density at radius 1 is 1.13 bits per heavy atom. The van der Waals surface area contributed by atoms with Gasteiger partial charge in [-0.15, -0.1) is 9.24 Å². The van der Waals surface area contributed by atoms with Crippen LogP contribution in [-0.2, 0) is 0 Å². The lowest BCUT2D eigenvalue weighted by atomic mass is 9.95. The second kappa shape index (κ2) is 7.43. The number of hydrogen-bond donors (Lipinski definition) is 0. The highest BCUT2D eigenvalue weighted by Gasteiger charge is 2.03. The van der Waals surface area contributed by atoms with Crippen LogP contribution in [-0.4, -0.2) is 0 Å². The zero-order valence-corrected chi connectivity index (χ0v) is 11.1. The van der Waals surface area contributed by atoms with Gasteiger partial charge in [-0.25, -0.2) is 0 Å². The Kier molecular flexibility index (Phi) is 6.99. The van der Waals surface area contributed by atoms with Crippen molar-refractivity contribution < 1.29 is 0 Å². The molecule has 1 heteroatoms. The molecule has 0 saturated heterocycles. The molecule has 0 aliphatic rings. The van der Waals surface area contributed by atoms with Crippen LogP contribution in [0.1, 0.15) is 32.3 Å². The van der Waals surface area contributed by atoms with Gasteiger partial charge in [-0.2, -0.15) is 0 Å². The van der Waals surface area contributed by atoms with Crippen molar-refractivity contribution in [2.24, 2.45) is 0 Å². The fourth-order valence-electron chi connectivity index (χ4n) is 1.03. The van der Waals surface area contributed by atoms with E-state index in [2.05, 4.69) is 60.5 Å². The molecule has 0 bridgehead atoms. The van der Waals surface area contributed by atoms with Gasteiger partial charge in [-0.05, 0) is 19.4 Å². The Hall–Kier alpha value is -0.870. The van der Waals surface area contributed by atoms with Gasteiger partial charge in [0.2, 0.25) is 0 Å². The molecule has 82 valence electrons. The van der Waals surface area contributed by atoms with Crippen molar-refractivity contribution in [3.63, 3.8) is 0 Å². The summed E-state index contributed by atoms with van der Waals surface area (Å²) in [5, 5.41) is 1.08. The summed E-state index contributed by atoms with van der Waals surface area (Å²) >= 11 is 0. The average molecular weight is 220 g/mol. The van der Waals surface area contributed by atoms with Crippen LogP contribution >= 0.6 is 9.24 Å². The summed E-state index contributed by atoms with van der Waals surface area (Å²) in [6, 6.07) is 10.4. The van der Waals surface area contributed by atoms with Crippen LogP contribution in [0, 0.1) is 0 Å². The lowest BCUT2D eigenvalue weighted by Gasteiger charge is -2.10. The maximum Gasteiger partial charge on any atom is 0.00143 e. The zero-order valence-electron chi connectivity index (χ0n) is 9.96. The normalized spacial score (nSPS) is 10.9. The van der Waals surface area contributed by atoms with Gasteiger partial charge in [-0.3, -0.25) is 0 Å². The molecule has 1 aromatic rings. The molecule has 0 heterocycles. The minimum Gasteiger partial charge on any atom is -0.111 e. The molecule has 0 N–H and O–H groups in total. The molecule has 15 heavy (non-hydrogen) atoms. The molecule has 0 aliphatic heterocycles. The second-order valence-corrected chi connectivity index (χ2v) is 4.81. The Labute approximate surface area is 96.3 Å². The van der Waals surface area contributed by atoms with E-state index < -0.39 is 0 Å². The summed E-state index contributed by atoms with van der Waals surface area (Å²) in [5.74, 6) is 0.483. The van der Waals surface area contributed by atoms with Gasteiger partial charge in [0, 0.05) is 5.92 Å². The Bertz CT molecular complexity index is 307. The smallest absolute Gasteiger partial charge is 0.00143 e. The molecule has 0 radical (unpaired) electrons. The van der Waals surface area contributed by atoms with Gasteiger partial charge in [0.15, 0.2) is 0 Å². The molecular formula is C14H21P. The molecule has 0 amide bonds. The van der Waals surface area contributed by atoms with Crippen molar-refractivity contribution in [3.8, 4) is 0 Å². The highest BCUT2D eigenvalue weighted by molar-refractivity contribution is 7.22. The Balaban J connectivity index is 0.000000423. The van der Waals surface area contributed by atoms with E-state index in [1.807, 2.05) is 13.0 Å². The van der Waals surface area contributed by atoms with Crippen LogP contribution in [0.15, 0.2) is 54.4 Å². The molecule has 0 fully saturated rings. The first-order valence-electron chi connectivity index (χ1n) is 5.06. The van der Waals surface area contributed by atoms with Gasteiger partial charge < -0.3 is 0 Å². The number of rotatable bonds is 2. The standard InChI is InChI=1S/C11H14.C3H7P/c1-9(2)10(3)11-7-5-4-6-8-11;1-3(2)4/h4-8,10H,1H2,2-3H3;1,4H2,2H3. The number of hydrogen-bond acceptors (Lipinski definition) is 0. The predicted molar refractivity (Wildman–Crippen MR) is 74.2 cm³/mol. The highest BCUT2D eigenvalue weighted by Crippen LogP contribution is 2.20. The Morgan fingerprint density at radius 2 is 1.53 bits per heavy atom. The van der Waals surface area contributed by atoms with E-state index in [1.54, 1.807) is 0 Å². The quantitative estimate of drug-likeness (QED) is 0.498. The van der Waals surface area contributed by atoms with Crippen LogP contribution < -0.4 is 0 Å². The molecule has 2 unspecified atom stereocenters. The van der Waals surface area contributed by atoms with Gasteiger partial charge in [-0.1, -0.05) is 61.3 Å². The van der Waals surface area contributed by atoms with E-state index >= 15 is 0 Å². The van der Waals surface area contributed by atoms with Crippen LogP contribution in [0.4, 0.5) is 0 Å². The maximum absolute atomic E-state index is 3.93. The van der Waals surface area contributed by atoms with E-state index in [9.17, 15) is 0 Å². The highest BCUT2D eigenvalue weighted by atomic mass is 31.0. The van der Waals surface area contributed by atoms with Gasteiger partial charge in [0.25, 0.3) is 0 Å². The monoisotopic (exact) mass is 220 g/mol. The Morgan fingerprint density at radius 3 is 1.87 bits per heavy atom. The van der Waals surface area contributed by atoms with Crippen molar-refractivity contribution in [2.45, 2.75) is 26.7 Å². The van der Waals surface area contributed by atoms with Crippen molar-refractivity contribution in [2.75, 3.05) is 0 Å². The van der Waals surface area contributed by atoms with Crippen LogP contribution in [0.25, 0.3) is 0 Å². The third-order valence-corrected chi connectivity index (χ3v) is 2.04. The number of benzene rings is 1. The summed E-state index contributed by atoms with van der Waals surface area (Å²) in [4.78, 5) is 0. The summed E-state index contributed by atoms with van der Waals surface area (Å²) < 4.78 is 0. The molecule has 0 saturated carbocycles. The third-order valence-electron chi connectivity index (χ3n) is 2.04. The largest absolute Gasteiger partial charge is 0.111 e. The minimum atomic E-state index is 0.483. The van der Waals surface area contributed by atoms with Crippen molar-refractivity contribution in [3.05, 3.63) is 59.9 Å². The first kappa shape index (κ1) is 14.1. The molecule has 0 spiro atoms. The van der Waals surface area contributed by atoms with Crippen LogP contribution in [0.3, 0.4) is 0 Å². The summed E-state index contributed by atoms with van der Waals surface area (Å²) in [5.41, 5.74) is 2.57. The molecule has 0 aliphatic carbocycles. The van der Waals surface area contributed by atoms with Gasteiger partial charge in [0.05, 0.1) is 0 Å². The molecule has 1 rings (SSSR count). The van der Waals surface area contributed by atoms with Crippen LogP contribution in [0.5, 0.6) is 0 Å². The summed E-state index contributed by atoms with van der Waals surface area (Å²) in [6.45, 7) is 13.6. The first-order chi connectivity index (χ1) is 6.95. The summed E-state index contributed by atoms with van der Waals surface area (Å²) in [6.07, 6.45) is 0. The first-order valence-corrected chi connectivity index (χ1v) is 5.64. The van der Waals surface area contributed by atoms with Crippen LogP contribution in [0.2, 0.25) is 0 Å². The van der Waals surface area contributed by atoms with Gasteiger partial charge in [0.1, 0.15) is 0 Å². The molecule has 1 aromatic carbocycles. The SMILES string of the molecule is C=C(C)C(C)c1ccccc1.C=C(C)P. The zero-order chi connectivity index (χ0) is 11.8. The fraction of sp³-hybridized carbons (Fsp3) is 0.286. The molecule has 0 nitrogen and oxygen atoms in total. The minimum absolute atomic E-state index is 0.483. The van der Waals surface area contributed by atoms with E-state index in [-0.39, 0.29) is 0 Å². The lowest BCUT2D eigenvalue weighted by molar-refractivity contribution is 0.899. The average Bonchev–Trinajstić information content (AvgIpc) is 2.17. The molecule has 0 aromatic heterocycles. The topological polar surface area (TPSA) is 0 Å². The maximum atomic E-state index is 3.93. The van der Waals surface area contributed by atoms with E-state index in [4.69, 9.17) is 0 Å². The lowest BCUT2D eigenvalue weighted by Crippen LogP contribution is -1.92. The molecule has 2 atom stereocenters. The van der Waals surface area contributed by atoms with Crippen molar-refractivity contribution in [1.82, 2.24) is 0 Å². The van der Waals surface area contributed by atoms with Crippen molar-refractivity contribution >= 4 is 9.24 Å². The summed E-state index contributed by atoms with van der Waals surface area (Å²) in [7, 11) is 2.46. The van der Waals surface area contributed by atoms with Crippen molar-refractivity contribution in [1.29, 1.82) is 0 Å². The predicted octanol–water partition coefficient (Wildman–Crippen LogP) is 4.76. The fourth-order valence-corrected chi connectivity index (χ4v) is 1.03. The van der Waals surface area contributed by atoms with E-state index in [0.29, 0.717) is 5.92 Å².